The number of esters is 1. The summed E-state index contributed by atoms with van der Waals surface area (Å²) in [6.45, 7) is 1.88. The normalized spacial score (nSPS) is 11.6. The lowest BCUT2D eigenvalue weighted by atomic mass is 10.0. The Balaban J connectivity index is 2.21. The van der Waals surface area contributed by atoms with Gasteiger partial charge in [-0.15, -0.1) is 11.3 Å². The number of benzene rings is 1. The molecule has 1 heterocycles. The van der Waals surface area contributed by atoms with E-state index in [1.807, 2.05) is 30.5 Å². The number of aryl methyl sites for hydroxylation is 1. The molecule has 1 aromatic carbocycles. The third kappa shape index (κ3) is 4.32. The van der Waals surface area contributed by atoms with Gasteiger partial charge >= 0.3 is 5.97 Å². The largest absolute Gasteiger partial charge is 0.497 e. The van der Waals surface area contributed by atoms with Crippen LogP contribution in [0.2, 0.25) is 0 Å². The fourth-order valence-corrected chi connectivity index (χ4v) is 3.00. The van der Waals surface area contributed by atoms with E-state index in [2.05, 4.69) is 5.32 Å². The summed E-state index contributed by atoms with van der Waals surface area (Å²) in [5, 5.41) is 4.78. The second-order valence-corrected chi connectivity index (χ2v) is 5.93. The van der Waals surface area contributed by atoms with Crippen LogP contribution in [0.3, 0.4) is 0 Å². The number of nitrogens with one attached hydrogen (secondary N) is 1. The summed E-state index contributed by atoms with van der Waals surface area (Å²) in [6, 6.07) is 8.68. The highest BCUT2D eigenvalue weighted by atomic mass is 32.1. The van der Waals surface area contributed by atoms with E-state index in [0.717, 1.165) is 11.1 Å². The van der Waals surface area contributed by atoms with Gasteiger partial charge in [0.05, 0.1) is 31.6 Å². The Hall–Kier alpha value is -2.34. The van der Waals surface area contributed by atoms with E-state index in [1.54, 1.807) is 19.2 Å². The third-order valence-electron chi connectivity index (χ3n) is 3.49. The molecule has 0 radical (unpaired) electrons. The monoisotopic (exact) mass is 333 g/mol. The molecule has 1 amide bonds. The number of hydrogen-bond acceptors (Lipinski definition) is 5. The number of hydrogen-bond donors (Lipinski definition) is 1. The summed E-state index contributed by atoms with van der Waals surface area (Å²) < 4.78 is 9.86. The van der Waals surface area contributed by atoms with Crippen LogP contribution in [-0.4, -0.2) is 26.1 Å². The van der Waals surface area contributed by atoms with Crippen LogP contribution in [0, 0.1) is 6.92 Å². The highest BCUT2D eigenvalue weighted by Crippen LogP contribution is 2.23. The first-order valence-corrected chi connectivity index (χ1v) is 7.99. The summed E-state index contributed by atoms with van der Waals surface area (Å²) >= 11 is 1.38. The van der Waals surface area contributed by atoms with Gasteiger partial charge in [-0.05, 0) is 41.6 Å². The van der Waals surface area contributed by atoms with Gasteiger partial charge in [-0.1, -0.05) is 12.1 Å². The topological polar surface area (TPSA) is 64.6 Å². The number of ether oxygens (including phenoxy) is 2. The lowest BCUT2D eigenvalue weighted by molar-refractivity contribution is -0.141. The van der Waals surface area contributed by atoms with Gasteiger partial charge in [0.2, 0.25) is 0 Å². The van der Waals surface area contributed by atoms with Gasteiger partial charge in [-0.3, -0.25) is 9.59 Å². The van der Waals surface area contributed by atoms with Gasteiger partial charge < -0.3 is 14.8 Å². The average Bonchev–Trinajstić information content (AvgIpc) is 3.00. The molecule has 2 rings (SSSR count). The molecular formula is C17H19NO4S. The maximum absolute atomic E-state index is 12.4. The standard InChI is InChI=1S/C17H19NO4S/c1-11-8-9-23-16(11)17(20)18-14(10-15(19)22-3)12-4-6-13(21-2)7-5-12/h4-9,14H,10H2,1-3H3,(H,18,20). The molecule has 0 aliphatic carbocycles. The summed E-state index contributed by atoms with van der Waals surface area (Å²) in [4.78, 5) is 24.7. The third-order valence-corrected chi connectivity index (χ3v) is 4.51. The lowest BCUT2D eigenvalue weighted by Crippen LogP contribution is -2.30. The number of rotatable bonds is 6. The molecule has 0 aliphatic heterocycles. The molecule has 1 N–H and O–H groups in total. The maximum atomic E-state index is 12.4. The van der Waals surface area contributed by atoms with Gasteiger partial charge in [0.1, 0.15) is 5.75 Å². The van der Waals surface area contributed by atoms with Crippen molar-refractivity contribution in [1.29, 1.82) is 0 Å². The Bertz CT molecular complexity index is 678. The summed E-state index contributed by atoms with van der Waals surface area (Å²) in [6.07, 6.45) is 0.0684. The van der Waals surface area contributed by atoms with Crippen molar-refractivity contribution in [2.24, 2.45) is 0 Å². The number of amides is 1. The SMILES string of the molecule is COC(=O)CC(NC(=O)c1sccc1C)c1ccc(OC)cc1. The molecule has 0 spiro atoms. The van der Waals surface area contributed by atoms with E-state index in [0.29, 0.717) is 10.6 Å². The van der Waals surface area contributed by atoms with E-state index in [4.69, 9.17) is 9.47 Å². The number of methoxy groups -OCH3 is 2. The van der Waals surface area contributed by atoms with Gasteiger partial charge in [0.15, 0.2) is 0 Å². The van der Waals surface area contributed by atoms with E-state index in [9.17, 15) is 9.59 Å². The minimum atomic E-state index is -0.456. The molecular weight excluding hydrogens is 314 g/mol. The van der Waals surface area contributed by atoms with E-state index >= 15 is 0 Å². The summed E-state index contributed by atoms with van der Waals surface area (Å²) in [5.41, 5.74) is 1.73. The quantitative estimate of drug-likeness (QED) is 0.825. The summed E-state index contributed by atoms with van der Waals surface area (Å²) in [5.74, 6) is 0.141. The van der Waals surface area contributed by atoms with Crippen molar-refractivity contribution in [2.75, 3.05) is 14.2 Å². The van der Waals surface area contributed by atoms with Crippen molar-refractivity contribution in [3.8, 4) is 5.75 Å². The minimum Gasteiger partial charge on any atom is -0.497 e. The van der Waals surface area contributed by atoms with Crippen LogP contribution >= 0.6 is 11.3 Å². The summed E-state index contributed by atoms with van der Waals surface area (Å²) in [7, 11) is 2.92. The molecule has 0 saturated carbocycles. The predicted molar refractivity (Wildman–Crippen MR) is 88.9 cm³/mol. The number of thiophene rings is 1. The molecule has 6 heteroatoms. The molecule has 23 heavy (non-hydrogen) atoms. The molecule has 1 unspecified atom stereocenters. The Morgan fingerprint density at radius 1 is 1.17 bits per heavy atom. The van der Waals surface area contributed by atoms with E-state index < -0.39 is 6.04 Å². The smallest absolute Gasteiger partial charge is 0.307 e. The molecule has 0 bridgehead atoms. The van der Waals surface area contributed by atoms with Crippen LogP contribution in [0.15, 0.2) is 35.7 Å². The zero-order valence-electron chi connectivity index (χ0n) is 13.3. The number of carbonyl (C=O) groups is 2. The van der Waals surface area contributed by atoms with Gasteiger partial charge in [-0.25, -0.2) is 0 Å². The Morgan fingerprint density at radius 3 is 2.39 bits per heavy atom. The highest BCUT2D eigenvalue weighted by molar-refractivity contribution is 7.12. The van der Waals surface area contributed by atoms with E-state index in [-0.39, 0.29) is 18.3 Å². The lowest BCUT2D eigenvalue weighted by Gasteiger charge is -2.18. The first-order valence-electron chi connectivity index (χ1n) is 7.11. The van der Waals surface area contributed by atoms with Crippen LogP contribution in [0.1, 0.15) is 33.3 Å². The van der Waals surface area contributed by atoms with Crippen LogP contribution in [-0.2, 0) is 9.53 Å². The molecule has 0 fully saturated rings. The van der Waals surface area contributed by atoms with Crippen LogP contribution < -0.4 is 10.1 Å². The van der Waals surface area contributed by atoms with Crippen molar-refractivity contribution in [1.82, 2.24) is 5.32 Å². The minimum absolute atomic E-state index is 0.0684. The molecule has 5 nitrogen and oxygen atoms in total. The van der Waals surface area contributed by atoms with Crippen molar-refractivity contribution >= 4 is 23.2 Å². The van der Waals surface area contributed by atoms with Crippen molar-refractivity contribution < 1.29 is 19.1 Å². The van der Waals surface area contributed by atoms with Gasteiger partial charge in [-0.2, -0.15) is 0 Å². The highest BCUT2D eigenvalue weighted by Gasteiger charge is 2.21. The van der Waals surface area contributed by atoms with Crippen molar-refractivity contribution in [2.45, 2.75) is 19.4 Å². The van der Waals surface area contributed by atoms with Crippen LogP contribution in [0.5, 0.6) is 5.75 Å². The second kappa shape index (κ2) is 7.78. The molecule has 1 atom stereocenters. The fourth-order valence-electron chi connectivity index (χ4n) is 2.17. The van der Waals surface area contributed by atoms with E-state index in [1.165, 1.54) is 18.4 Å². The molecule has 122 valence electrons. The molecule has 2 aromatic rings. The zero-order chi connectivity index (χ0) is 16.8. The van der Waals surface area contributed by atoms with Crippen LogP contribution in [0.4, 0.5) is 0 Å². The zero-order valence-corrected chi connectivity index (χ0v) is 14.1. The Morgan fingerprint density at radius 2 is 1.87 bits per heavy atom. The maximum Gasteiger partial charge on any atom is 0.307 e. The van der Waals surface area contributed by atoms with Crippen LogP contribution in [0.25, 0.3) is 0 Å². The second-order valence-electron chi connectivity index (χ2n) is 5.01. The van der Waals surface area contributed by atoms with Crippen molar-refractivity contribution in [3.05, 3.63) is 51.7 Å². The first kappa shape index (κ1) is 17.0. The molecule has 0 saturated heterocycles. The predicted octanol–water partition coefficient (Wildman–Crippen LogP) is 3.10. The Kier molecular flexibility index (Phi) is 5.76. The molecule has 0 aliphatic rings. The first-order chi connectivity index (χ1) is 11.0. The molecule has 1 aromatic heterocycles. The van der Waals surface area contributed by atoms with Gasteiger partial charge in [0, 0.05) is 0 Å². The average molecular weight is 333 g/mol. The van der Waals surface area contributed by atoms with Crippen molar-refractivity contribution in [3.63, 3.8) is 0 Å². The fraction of sp³-hybridized carbons (Fsp3) is 0.294. The number of carbonyl (C=O) groups excluding carboxylic acids is 2. The van der Waals surface area contributed by atoms with Gasteiger partial charge in [0.25, 0.3) is 5.91 Å². The Labute approximate surface area is 139 Å².